The Hall–Kier alpha value is -0.870. The van der Waals surface area contributed by atoms with Crippen LogP contribution in [0.1, 0.15) is 39.5 Å². The van der Waals surface area contributed by atoms with E-state index in [1.807, 2.05) is 11.0 Å². The summed E-state index contributed by atoms with van der Waals surface area (Å²) in [5.74, 6) is 1.58. The van der Waals surface area contributed by atoms with E-state index < -0.39 is 0 Å². The minimum atomic E-state index is 0.184. The Bertz CT molecular complexity index is 377. The summed E-state index contributed by atoms with van der Waals surface area (Å²) in [7, 11) is 2.11. The molecule has 126 valence electrons. The van der Waals surface area contributed by atoms with Crippen LogP contribution in [0, 0.1) is 11.8 Å². The Morgan fingerprint density at radius 3 is 2.95 bits per heavy atom. The van der Waals surface area contributed by atoms with Crippen LogP contribution in [-0.4, -0.2) is 61.6 Å². The van der Waals surface area contributed by atoms with Crippen LogP contribution in [0.15, 0.2) is 12.2 Å². The third-order valence-electron chi connectivity index (χ3n) is 5.40. The minimum absolute atomic E-state index is 0.184. The summed E-state index contributed by atoms with van der Waals surface area (Å²) in [6.07, 6.45) is 8.50. The van der Waals surface area contributed by atoms with Gasteiger partial charge in [0, 0.05) is 38.4 Å². The Morgan fingerprint density at radius 1 is 1.45 bits per heavy atom. The zero-order valence-corrected chi connectivity index (χ0v) is 14.5. The lowest BCUT2D eigenvalue weighted by atomic mass is 9.85. The van der Waals surface area contributed by atoms with Crippen molar-refractivity contribution in [2.75, 3.05) is 39.9 Å². The van der Waals surface area contributed by atoms with Gasteiger partial charge in [0.15, 0.2) is 0 Å². The van der Waals surface area contributed by atoms with Crippen molar-refractivity contribution in [3.8, 4) is 0 Å². The second kappa shape index (κ2) is 8.68. The van der Waals surface area contributed by atoms with Crippen LogP contribution in [0.2, 0.25) is 0 Å². The average molecular weight is 308 g/mol. The second-order valence-corrected chi connectivity index (χ2v) is 6.93. The van der Waals surface area contributed by atoms with Crippen molar-refractivity contribution in [1.82, 2.24) is 9.80 Å². The molecule has 2 fully saturated rings. The van der Waals surface area contributed by atoms with Gasteiger partial charge in [-0.15, -0.1) is 0 Å². The maximum absolute atomic E-state index is 12.4. The number of ether oxygens (including phenoxy) is 1. The zero-order valence-electron chi connectivity index (χ0n) is 14.5. The van der Waals surface area contributed by atoms with Gasteiger partial charge in [-0.05, 0) is 38.1 Å². The molecule has 0 aromatic rings. The first kappa shape index (κ1) is 17.5. The molecule has 0 aliphatic carbocycles. The van der Waals surface area contributed by atoms with Crippen LogP contribution in [-0.2, 0) is 9.53 Å². The highest BCUT2D eigenvalue weighted by Gasteiger charge is 2.25. The highest BCUT2D eigenvalue weighted by atomic mass is 16.5. The number of likely N-dealkylation sites (N-methyl/N-ethyl adjacent to an activating group) is 1. The number of carbonyl (C=O) groups is 1. The molecule has 2 rings (SSSR count). The molecule has 2 saturated heterocycles. The molecular formula is C18H32N2O2. The van der Waals surface area contributed by atoms with E-state index in [1.165, 1.54) is 12.8 Å². The number of hydrogen-bond acceptors (Lipinski definition) is 3. The number of hydrogen-bond donors (Lipinski definition) is 0. The lowest BCUT2D eigenvalue weighted by molar-refractivity contribution is -0.128. The molecule has 1 amide bonds. The molecule has 0 N–H and O–H groups in total. The Morgan fingerprint density at radius 2 is 2.27 bits per heavy atom. The van der Waals surface area contributed by atoms with E-state index in [1.54, 1.807) is 6.08 Å². The quantitative estimate of drug-likeness (QED) is 0.707. The monoisotopic (exact) mass is 308 g/mol. The lowest BCUT2D eigenvalue weighted by Gasteiger charge is -2.35. The Labute approximate surface area is 135 Å². The summed E-state index contributed by atoms with van der Waals surface area (Å²) in [5, 5.41) is 0. The van der Waals surface area contributed by atoms with E-state index in [0.29, 0.717) is 17.9 Å². The topological polar surface area (TPSA) is 32.8 Å². The van der Waals surface area contributed by atoms with Gasteiger partial charge >= 0.3 is 0 Å². The summed E-state index contributed by atoms with van der Waals surface area (Å²) < 4.78 is 5.40. The standard InChI is InChI=1S/C18H32N2O2/c1-4-15(2)16-7-5-11-20(13-16)18(21)8-6-10-19(3)17-9-12-22-14-17/h6,8,15-17H,4-5,7,9-14H2,1-3H3/b8-6+. The summed E-state index contributed by atoms with van der Waals surface area (Å²) in [4.78, 5) is 16.7. The van der Waals surface area contributed by atoms with Crippen LogP contribution in [0.3, 0.4) is 0 Å². The van der Waals surface area contributed by atoms with Crippen LogP contribution in [0.25, 0.3) is 0 Å². The second-order valence-electron chi connectivity index (χ2n) is 6.93. The van der Waals surface area contributed by atoms with Gasteiger partial charge in [-0.25, -0.2) is 0 Å². The number of piperidine rings is 1. The molecule has 22 heavy (non-hydrogen) atoms. The van der Waals surface area contributed by atoms with Crippen LogP contribution in [0.5, 0.6) is 0 Å². The molecule has 0 aromatic carbocycles. The van der Waals surface area contributed by atoms with Gasteiger partial charge in [-0.3, -0.25) is 9.69 Å². The van der Waals surface area contributed by atoms with Gasteiger partial charge in [-0.2, -0.15) is 0 Å². The first-order chi connectivity index (χ1) is 10.6. The molecule has 2 aliphatic rings. The predicted molar refractivity (Wildman–Crippen MR) is 89.8 cm³/mol. The molecule has 0 saturated carbocycles. The van der Waals surface area contributed by atoms with Crippen molar-refractivity contribution in [2.24, 2.45) is 11.8 Å². The molecule has 0 bridgehead atoms. The summed E-state index contributed by atoms with van der Waals surface area (Å²) >= 11 is 0. The minimum Gasteiger partial charge on any atom is -0.380 e. The zero-order chi connectivity index (χ0) is 15.9. The third kappa shape index (κ3) is 4.82. The molecule has 4 nitrogen and oxygen atoms in total. The van der Waals surface area contributed by atoms with Gasteiger partial charge in [0.25, 0.3) is 0 Å². The number of amides is 1. The van der Waals surface area contributed by atoms with Crippen LogP contribution in [0.4, 0.5) is 0 Å². The highest BCUT2D eigenvalue weighted by Crippen LogP contribution is 2.25. The fourth-order valence-corrected chi connectivity index (χ4v) is 3.45. The van der Waals surface area contributed by atoms with Gasteiger partial charge in [0.1, 0.15) is 0 Å². The highest BCUT2D eigenvalue weighted by molar-refractivity contribution is 5.87. The van der Waals surface area contributed by atoms with E-state index in [0.717, 1.165) is 45.7 Å². The number of likely N-dealkylation sites (tertiary alicyclic amines) is 1. The summed E-state index contributed by atoms with van der Waals surface area (Å²) in [5.41, 5.74) is 0. The molecule has 0 aromatic heterocycles. The molecule has 3 atom stereocenters. The van der Waals surface area contributed by atoms with E-state index in [9.17, 15) is 4.79 Å². The normalized spacial score (nSPS) is 27.7. The van der Waals surface area contributed by atoms with Crippen molar-refractivity contribution >= 4 is 5.91 Å². The van der Waals surface area contributed by atoms with Crippen LogP contribution < -0.4 is 0 Å². The van der Waals surface area contributed by atoms with E-state index in [-0.39, 0.29) is 5.91 Å². The summed E-state index contributed by atoms with van der Waals surface area (Å²) in [6.45, 7) is 8.92. The van der Waals surface area contributed by atoms with Crippen molar-refractivity contribution in [3.05, 3.63) is 12.2 Å². The molecule has 3 unspecified atom stereocenters. The number of carbonyl (C=O) groups excluding carboxylic acids is 1. The Kier molecular flexibility index (Phi) is 6.90. The van der Waals surface area contributed by atoms with Crippen molar-refractivity contribution in [1.29, 1.82) is 0 Å². The smallest absolute Gasteiger partial charge is 0.246 e. The molecule has 0 spiro atoms. The molecule has 0 radical (unpaired) electrons. The molecule has 2 aliphatic heterocycles. The maximum Gasteiger partial charge on any atom is 0.246 e. The number of nitrogens with zero attached hydrogens (tertiary/aromatic N) is 2. The van der Waals surface area contributed by atoms with Gasteiger partial charge < -0.3 is 9.64 Å². The SMILES string of the molecule is CCC(C)C1CCCN(C(=O)/C=C/CN(C)C2CCOC2)C1. The Balaban J connectivity index is 1.77. The fourth-order valence-electron chi connectivity index (χ4n) is 3.45. The lowest BCUT2D eigenvalue weighted by Crippen LogP contribution is -2.41. The largest absolute Gasteiger partial charge is 0.380 e. The molecule has 2 heterocycles. The fraction of sp³-hybridized carbons (Fsp3) is 0.833. The molecule has 4 heteroatoms. The summed E-state index contributed by atoms with van der Waals surface area (Å²) in [6, 6.07) is 0.504. The predicted octanol–water partition coefficient (Wildman–Crippen LogP) is 2.55. The first-order valence-electron chi connectivity index (χ1n) is 8.85. The van der Waals surface area contributed by atoms with Crippen LogP contribution >= 0.6 is 0 Å². The average Bonchev–Trinajstić information content (AvgIpc) is 3.08. The van der Waals surface area contributed by atoms with Crippen molar-refractivity contribution in [3.63, 3.8) is 0 Å². The maximum atomic E-state index is 12.4. The van der Waals surface area contributed by atoms with Gasteiger partial charge in [0.05, 0.1) is 6.61 Å². The third-order valence-corrected chi connectivity index (χ3v) is 5.40. The molecular weight excluding hydrogens is 276 g/mol. The van der Waals surface area contributed by atoms with E-state index >= 15 is 0 Å². The number of rotatable bonds is 6. The van der Waals surface area contributed by atoms with Crippen molar-refractivity contribution in [2.45, 2.75) is 45.6 Å². The first-order valence-corrected chi connectivity index (χ1v) is 8.85. The van der Waals surface area contributed by atoms with E-state index in [2.05, 4.69) is 25.8 Å². The van der Waals surface area contributed by atoms with E-state index in [4.69, 9.17) is 4.74 Å². The van der Waals surface area contributed by atoms with Gasteiger partial charge in [-0.1, -0.05) is 26.3 Å². The van der Waals surface area contributed by atoms with Crippen molar-refractivity contribution < 1.29 is 9.53 Å². The van der Waals surface area contributed by atoms with Gasteiger partial charge in [0.2, 0.25) is 5.91 Å².